The van der Waals surface area contributed by atoms with Crippen molar-refractivity contribution < 1.29 is 9.26 Å². The SMILES string of the molecule is C=C(C)CCOCc1cc(CNC2CC2)no1. The van der Waals surface area contributed by atoms with Crippen molar-refractivity contribution in [2.45, 2.75) is 45.4 Å². The molecule has 0 atom stereocenters. The minimum atomic E-state index is 0.490. The van der Waals surface area contributed by atoms with Gasteiger partial charge >= 0.3 is 0 Å². The third kappa shape index (κ3) is 4.71. The van der Waals surface area contributed by atoms with Gasteiger partial charge in [-0.05, 0) is 26.2 Å². The number of rotatable bonds is 8. The van der Waals surface area contributed by atoms with Gasteiger partial charge in [0, 0.05) is 18.7 Å². The number of ether oxygens (including phenoxy) is 1. The Hall–Kier alpha value is -1.13. The molecule has 0 unspecified atom stereocenters. The number of aromatic nitrogens is 1. The molecule has 0 radical (unpaired) electrons. The fourth-order valence-corrected chi connectivity index (χ4v) is 1.46. The molecule has 1 aliphatic carbocycles. The van der Waals surface area contributed by atoms with Crippen molar-refractivity contribution in [3.63, 3.8) is 0 Å². The summed E-state index contributed by atoms with van der Waals surface area (Å²) in [5.41, 5.74) is 2.09. The minimum Gasteiger partial charge on any atom is -0.373 e. The van der Waals surface area contributed by atoms with E-state index in [-0.39, 0.29) is 0 Å². The fraction of sp³-hybridized carbons (Fsp3) is 0.615. The highest BCUT2D eigenvalue weighted by atomic mass is 16.5. The Labute approximate surface area is 102 Å². The van der Waals surface area contributed by atoms with Crippen LogP contribution in [0.25, 0.3) is 0 Å². The van der Waals surface area contributed by atoms with Gasteiger partial charge in [0.2, 0.25) is 0 Å². The molecule has 1 aliphatic rings. The quantitative estimate of drug-likeness (QED) is 0.556. The van der Waals surface area contributed by atoms with Crippen LogP contribution >= 0.6 is 0 Å². The van der Waals surface area contributed by atoms with Crippen LogP contribution in [-0.4, -0.2) is 17.8 Å². The van der Waals surface area contributed by atoms with Crippen LogP contribution < -0.4 is 5.32 Å². The van der Waals surface area contributed by atoms with Gasteiger partial charge in [-0.15, -0.1) is 6.58 Å². The van der Waals surface area contributed by atoms with Crippen LogP contribution in [0.1, 0.15) is 37.6 Å². The van der Waals surface area contributed by atoms with Gasteiger partial charge in [-0.3, -0.25) is 0 Å². The molecule has 4 heteroatoms. The zero-order valence-corrected chi connectivity index (χ0v) is 10.4. The van der Waals surface area contributed by atoms with Gasteiger partial charge in [0.15, 0.2) is 5.76 Å². The van der Waals surface area contributed by atoms with Gasteiger partial charge in [-0.25, -0.2) is 0 Å². The van der Waals surface area contributed by atoms with E-state index >= 15 is 0 Å². The molecule has 1 aromatic heterocycles. The third-order valence-corrected chi connectivity index (χ3v) is 2.67. The predicted molar refractivity (Wildman–Crippen MR) is 65.5 cm³/mol. The molecule has 4 nitrogen and oxygen atoms in total. The first-order chi connectivity index (χ1) is 8.24. The molecule has 0 bridgehead atoms. The third-order valence-electron chi connectivity index (χ3n) is 2.67. The Bertz CT molecular complexity index is 369. The molecule has 0 aliphatic heterocycles. The van der Waals surface area contributed by atoms with E-state index in [1.807, 2.05) is 13.0 Å². The molecule has 1 N–H and O–H groups in total. The largest absolute Gasteiger partial charge is 0.373 e. The Balaban J connectivity index is 1.64. The van der Waals surface area contributed by atoms with Gasteiger partial charge in [0.05, 0.1) is 12.3 Å². The molecule has 0 amide bonds. The molecule has 94 valence electrons. The lowest BCUT2D eigenvalue weighted by molar-refractivity contribution is 0.104. The zero-order valence-electron chi connectivity index (χ0n) is 10.4. The lowest BCUT2D eigenvalue weighted by atomic mass is 10.3. The van der Waals surface area contributed by atoms with Crippen molar-refractivity contribution in [3.05, 3.63) is 29.7 Å². The average molecular weight is 236 g/mol. The number of nitrogens with zero attached hydrogens (tertiary/aromatic N) is 1. The Morgan fingerprint density at radius 3 is 3.18 bits per heavy atom. The zero-order chi connectivity index (χ0) is 12.1. The van der Waals surface area contributed by atoms with Crippen LogP contribution in [-0.2, 0) is 17.9 Å². The summed E-state index contributed by atoms with van der Waals surface area (Å²) in [6.45, 7) is 7.79. The van der Waals surface area contributed by atoms with E-state index in [1.54, 1.807) is 0 Å². The fourth-order valence-electron chi connectivity index (χ4n) is 1.46. The summed E-state index contributed by atoms with van der Waals surface area (Å²) in [5.74, 6) is 0.791. The summed E-state index contributed by atoms with van der Waals surface area (Å²) < 4.78 is 10.7. The van der Waals surface area contributed by atoms with Gasteiger partial charge in [0.25, 0.3) is 0 Å². The van der Waals surface area contributed by atoms with E-state index in [1.165, 1.54) is 12.8 Å². The van der Waals surface area contributed by atoms with Gasteiger partial charge in [-0.2, -0.15) is 0 Å². The second-order valence-corrected chi connectivity index (χ2v) is 4.70. The monoisotopic (exact) mass is 236 g/mol. The summed E-state index contributed by atoms with van der Waals surface area (Å²) in [6.07, 6.45) is 3.47. The summed E-state index contributed by atoms with van der Waals surface area (Å²) in [6, 6.07) is 2.65. The highest BCUT2D eigenvalue weighted by Gasteiger charge is 2.20. The lowest BCUT2D eigenvalue weighted by Gasteiger charge is -2.00. The van der Waals surface area contributed by atoms with E-state index in [2.05, 4.69) is 17.1 Å². The van der Waals surface area contributed by atoms with Crippen LogP contribution in [0.4, 0.5) is 0 Å². The first-order valence-corrected chi connectivity index (χ1v) is 6.14. The molecule has 1 saturated carbocycles. The van der Waals surface area contributed by atoms with Crippen LogP contribution in [0.5, 0.6) is 0 Å². The molecule has 1 heterocycles. The first-order valence-electron chi connectivity index (χ1n) is 6.14. The first kappa shape index (κ1) is 12.3. The van der Waals surface area contributed by atoms with E-state index in [0.29, 0.717) is 19.3 Å². The maximum atomic E-state index is 5.47. The summed E-state index contributed by atoms with van der Waals surface area (Å²) in [7, 11) is 0. The maximum Gasteiger partial charge on any atom is 0.162 e. The Kier molecular flexibility index (Phi) is 4.34. The van der Waals surface area contributed by atoms with Crippen LogP contribution in [0.15, 0.2) is 22.7 Å². The Morgan fingerprint density at radius 2 is 2.47 bits per heavy atom. The molecule has 0 spiro atoms. The van der Waals surface area contributed by atoms with Crippen molar-refractivity contribution in [3.8, 4) is 0 Å². The molecule has 0 aromatic carbocycles. The van der Waals surface area contributed by atoms with Gasteiger partial charge in [-0.1, -0.05) is 10.7 Å². The number of hydrogen-bond donors (Lipinski definition) is 1. The molecule has 2 rings (SSSR count). The van der Waals surface area contributed by atoms with E-state index < -0.39 is 0 Å². The predicted octanol–water partition coefficient (Wildman–Crippen LogP) is 2.41. The molecule has 0 saturated heterocycles. The molecule has 1 aromatic rings. The smallest absolute Gasteiger partial charge is 0.162 e. The molecule has 17 heavy (non-hydrogen) atoms. The van der Waals surface area contributed by atoms with Crippen molar-refractivity contribution in [1.29, 1.82) is 0 Å². The normalized spacial score (nSPS) is 15.1. The lowest BCUT2D eigenvalue weighted by Crippen LogP contribution is -2.15. The summed E-state index contributed by atoms with van der Waals surface area (Å²) in [4.78, 5) is 0. The van der Waals surface area contributed by atoms with Gasteiger partial charge < -0.3 is 14.6 Å². The Morgan fingerprint density at radius 1 is 1.65 bits per heavy atom. The number of nitrogens with one attached hydrogen (secondary N) is 1. The van der Waals surface area contributed by atoms with E-state index in [9.17, 15) is 0 Å². The second-order valence-electron chi connectivity index (χ2n) is 4.70. The highest BCUT2D eigenvalue weighted by molar-refractivity contribution is 5.05. The summed E-state index contributed by atoms with van der Waals surface area (Å²) >= 11 is 0. The van der Waals surface area contributed by atoms with Crippen LogP contribution in [0.2, 0.25) is 0 Å². The van der Waals surface area contributed by atoms with Crippen LogP contribution in [0.3, 0.4) is 0 Å². The van der Waals surface area contributed by atoms with E-state index in [0.717, 1.165) is 30.0 Å². The standard InChI is InChI=1S/C13H20N2O2/c1-10(2)5-6-16-9-13-7-12(15-17-13)8-14-11-3-4-11/h7,11,14H,1,3-6,8-9H2,2H3. The highest BCUT2D eigenvalue weighted by Crippen LogP contribution is 2.19. The number of hydrogen-bond acceptors (Lipinski definition) is 4. The minimum absolute atomic E-state index is 0.490. The van der Waals surface area contributed by atoms with Crippen molar-refractivity contribution in [2.24, 2.45) is 0 Å². The van der Waals surface area contributed by atoms with Crippen molar-refractivity contribution in [2.75, 3.05) is 6.61 Å². The maximum absolute atomic E-state index is 5.47. The average Bonchev–Trinajstić information content (AvgIpc) is 3.01. The van der Waals surface area contributed by atoms with Crippen molar-refractivity contribution in [1.82, 2.24) is 10.5 Å². The van der Waals surface area contributed by atoms with Gasteiger partial charge in [0.1, 0.15) is 6.61 Å². The molecular weight excluding hydrogens is 216 g/mol. The topological polar surface area (TPSA) is 47.3 Å². The van der Waals surface area contributed by atoms with E-state index in [4.69, 9.17) is 9.26 Å². The molecular formula is C13H20N2O2. The molecule has 1 fully saturated rings. The summed E-state index contributed by atoms with van der Waals surface area (Å²) in [5, 5.41) is 7.39. The second kappa shape index (κ2) is 5.98. The van der Waals surface area contributed by atoms with Crippen LogP contribution in [0, 0.1) is 0 Å². The van der Waals surface area contributed by atoms with Crippen molar-refractivity contribution >= 4 is 0 Å².